The maximum Gasteiger partial charge on any atom is 0.222 e. The first-order valence-corrected chi connectivity index (χ1v) is 4.85. The fraction of sp³-hybridized carbons (Fsp3) is 0.364. The lowest BCUT2D eigenvalue weighted by Crippen LogP contribution is -2.23. The topological polar surface area (TPSA) is 46.3 Å². The summed E-state index contributed by atoms with van der Waals surface area (Å²) in [4.78, 5) is 13.3. The van der Waals surface area contributed by atoms with Gasteiger partial charge in [0.1, 0.15) is 0 Å². The number of nitrogens with two attached hydrogens (primary N) is 1. The van der Waals surface area contributed by atoms with Crippen LogP contribution in [0.4, 0.5) is 5.69 Å². The maximum atomic E-state index is 11.5. The molecule has 74 valence electrons. The lowest BCUT2D eigenvalue weighted by Gasteiger charge is -2.13. The monoisotopic (exact) mass is 190 g/mol. The van der Waals surface area contributed by atoms with Crippen LogP contribution in [0.2, 0.25) is 0 Å². The van der Waals surface area contributed by atoms with E-state index in [1.807, 2.05) is 30.0 Å². The molecule has 0 spiro atoms. The lowest BCUT2D eigenvalue weighted by molar-refractivity contribution is -0.131. The summed E-state index contributed by atoms with van der Waals surface area (Å²) in [6, 6.07) is 5.85. The Balaban J connectivity index is 2.22. The third-order valence-electron chi connectivity index (χ3n) is 2.61. The Labute approximate surface area is 83.5 Å². The smallest absolute Gasteiger partial charge is 0.222 e. The van der Waals surface area contributed by atoms with Crippen molar-refractivity contribution in [3.63, 3.8) is 0 Å². The van der Waals surface area contributed by atoms with Gasteiger partial charge in [-0.3, -0.25) is 4.79 Å². The van der Waals surface area contributed by atoms with Gasteiger partial charge >= 0.3 is 0 Å². The lowest BCUT2D eigenvalue weighted by atomic mass is 10.1. The number of benzene rings is 1. The van der Waals surface area contributed by atoms with Gasteiger partial charge in [0.05, 0.1) is 0 Å². The zero-order valence-electron chi connectivity index (χ0n) is 8.29. The molecule has 0 aliphatic carbocycles. The van der Waals surface area contributed by atoms with Gasteiger partial charge in [-0.15, -0.1) is 0 Å². The molecule has 1 heterocycles. The fourth-order valence-corrected chi connectivity index (χ4v) is 1.81. The molecule has 0 bridgehead atoms. The molecule has 0 saturated heterocycles. The van der Waals surface area contributed by atoms with E-state index >= 15 is 0 Å². The maximum absolute atomic E-state index is 11.5. The summed E-state index contributed by atoms with van der Waals surface area (Å²) in [6.07, 6.45) is 0.573. The summed E-state index contributed by atoms with van der Waals surface area (Å²) in [5.74, 6) is 0.208. The second kappa shape index (κ2) is 3.33. The predicted octanol–water partition coefficient (Wildman–Crippen LogP) is 1.52. The van der Waals surface area contributed by atoms with Crippen LogP contribution < -0.4 is 5.73 Å². The van der Waals surface area contributed by atoms with Gasteiger partial charge in [0.15, 0.2) is 0 Å². The number of hydrogen-bond acceptors (Lipinski definition) is 2. The van der Waals surface area contributed by atoms with Gasteiger partial charge in [-0.2, -0.15) is 0 Å². The van der Waals surface area contributed by atoms with Crippen molar-refractivity contribution >= 4 is 11.6 Å². The van der Waals surface area contributed by atoms with Crippen molar-refractivity contribution in [2.75, 3.05) is 5.73 Å². The van der Waals surface area contributed by atoms with E-state index in [1.54, 1.807) is 0 Å². The second-order valence-corrected chi connectivity index (χ2v) is 3.63. The predicted molar refractivity (Wildman–Crippen MR) is 55.4 cm³/mol. The van der Waals surface area contributed by atoms with E-state index in [2.05, 4.69) is 0 Å². The minimum atomic E-state index is 0.208. The van der Waals surface area contributed by atoms with Crippen LogP contribution in [0.3, 0.4) is 0 Å². The van der Waals surface area contributed by atoms with Gasteiger partial charge in [-0.1, -0.05) is 13.0 Å². The van der Waals surface area contributed by atoms with Crippen LogP contribution in [0.25, 0.3) is 0 Å². The Hall–Kier alpha value is -1.51. The summed E-state index contributed by atoms with van der Waals surface area (Å²) in [6.45, 7) is 3.34. The van der Waals surface area contributed by atoms with Gasteiger partial charge in [-0.25, -0.2) is 0 Å². The number of nitrogen functional groups attached to an aromatic ring is 1. The van der Waals surface area contributed by atoms with Crippen LogP contribution in [0, 0.1) is 0 Å². The van der Waals surface area contributed by atoms with E-state index < -0.39 is 0 Å². The molecular weight excluding hydrogens is 176 g/mol. The fourth-order valence-electron chi connectivity index (χ4n) is 1.81. The number of anilines is 1. The Morgan fingerprint density at radius 2 is 2.14 bits per heavy atom. The van der Waals surface area contributed by atoms with Crippen molar-refractivity contribution < 1.29 is 4.79 Å². The van der Waals surface area contributed by atoms with Crippen LogP contribution in [-0.2, 0) is 17.9 Å². The van der Waals surface area contributed by atoms with Crippen LogP contribution in [0.1, 0.15) is 24.5 Å². The Morgan fingerprint density at radius 3 is 2.86 bits per heavy atom. The van der Waals surface area contributed by atoms with Gasteiger partial charge in [0.2, 0.25) is 5.91 Å². The second-order valence-electron chi connectivity index (χ2n) is 3.63. The highest BCUT2D eigenvalue weighted by atomic mass is 16.2. The minimum Gasteiger partial charge on any atom is -0.399 e. The van der Waals surface area contributed by atoms with E-state index in [0.29, 0.717) is 13.0 Å². The van der Waals surface area contributed by atoms with Gasteiger partial charge < -0.3 is 10.6 Å². The van der Waals surface area contributed by atoms with E-state index in [1.165, 1.54) is 11.1 Å². The molecule has 0 atom stereocenters. The summed E-state index contributed by atoms with van der Waals surface area (Å²) in [5, 5.41) is 0. The number of carbonyl (C=O) groups excluding carboxylic acids is 1. The van der Waals surface area contributed by atoms with Crippen molar-refractivity contribution in [1.82, 2.24) is 4.90 Å². The van der Waals surface area contributed by atoms with Gasteiger partial charge in [0, 0.05) is 25.2 Å². The normalized spacial score (nSPS) is 14.2. The van der Waals surface area contributed by atoms with Crippen molar-refractivity contribution in [3.8, 4) is 0 Å². The summed E-state index contributed by atoms with van der Waals surface area (Å²) in [7, 11) is 0. The van der Waals surface area contributed by atoms with Crippen molar-refractivity contribution in [2.45, 2.75) is 26.4 Å². The number of hydrogen-bond donors (Lipinski definition) is 1. The summed E-state index contributed by atoms with van der Waals surface area (Å²) >= 11 is 0. The zero-order valence-corrected chi connectivity index (χ0v) is 8.29. The summed E-state index contributed by atoms with van der Waals surface area (Å²) < 4.78 is 0. The highest BCUT2D eigenvalue weighted by molar-refractivity contribution is 5.76. The molecule has 14 heavy (non-hydrogen) atoms. The highest BCUT2D eigenvalue weighted by Crippen LogP contribution is 2.24. The average Bonchev–Trinajstić information content (AvgIpc) is 2.59. The number of rotatable bonds is 1. The molecule has 3 heteroatoms. The Morgan fingerprint density at radius 1 is 1.43 bits per heavy atom. The van der Waals surface area contributed by atoms with E-state index in [-0.39, 0.29) is 5.91 Å². The van der Waals surface area contributed by atoms with Gasteiger partial charge in [0.25, 0.3) is 0 Å². The molecule has 2 rings (SSSR count). The SMILES string of the molecule is CCC(=O)N1Cc2ccc(N)cc2C1. The summed E-state index contributed by atoms with van der Waals surface area (Å²) in [5.41, 5.74) is 8.86. The van der Waals surface area contributed by atoms with E-state index in [4.69, 9.17) is 5.73 Å². The van der Waals surface area contributed by atoms with Crippen molar-refractivity contribution in [2.24, 2.45) is 0 Å². The first-order chi connectivity index (χ1) is 6.70. The molecule has 0 saturated carbocycles. The molecule has 0 fully saturated rings. The van der Waals surface area contributed by atoms with Gasteiger partial charge in [-0.05, 0) is 23.3 Å². The molecule has 2 N–H and O–H groups in total. The van der Waals surface area contributed by atoms with E-state index in [0.717, 1.165) is 12.2 Å². The Bertz CT molecular complexity index is 374. The average molecular weight is 190 g/mol. The molecule has 1 aromatic carbocycles. The third kappa shape index (κ3) is 1.45. The number of nitrogens with zero attached hydrogens (tertiary/aromatic N) is 1. The van der Waals surface area contributed by atoms with Crippen molar-refractivity contribution in [3.05, 3.63) is 29.3 Å². The number of carbonyl (C=O) groups is 1. The minimum absolute atomic E-state index is 0.208. The molecule has 1 amide bonds. The first-order valence-electron chi connectivity index (χ1n) is 4.85. The van der Waals surface area contributed by atoms with E-state index in [9.17, 15) is 4.79 Å². The largest absolute Gasteiger partial charge is 0.399 e. The highest BCUT2D eigenvalue weighted by Gasteiger charge is 2.21. The first kappa shape index (κ1) is 9.06. The number of amides is 1. The number of fused-ring (bicyclic) bond motifs is 1. The van der Waals surface area contributed by atoms with Crippen LogP contribution in [0.5, 0.6) is 0 Å². The molecule has 0 aromatic heterocycles. The molecule has 0 radical (unpaired) electrons. The third-order valence-corrected chi connectivity index (χ3v) is 2.61. The molecule has 0 unspecified atom stereocenters. The van der Waals surface area contributed by atoms with Crippen LogP contribution in [0.15, 0.2) is 18.2 Å². The van der Waals surface area contributed by atoms with Crippen LogP contribution in [-0.4, -0.2) is 10.8 Å². The van der Waals surface area contributed by atoms with Crippen LogP contribution >= 0.6 is 0 Å². The molecular formula is C11H14N2O. The Kier molecular flexibility index (Phi) is 2.15. The molecule has 3 nitrogen and oxygen atoms in total. The standard InChI is InChI=1S/C11H14N2O/c1-2-11(14)13-6-8-3-4-10(12)5-9(8)7-13/h3-5H,2,6-7,12H2,1H3. The zero-order chi connectivity index (χ0) is 10.1. The molecule has 1 aliphatic rings. The molecule has 1 aliphatic heterocycles. The quantitative estimate of drug-likeness (QED) is 0.682. The molecule has 1 aromatic rings. The van der Waals surface area contributed by atoms with Crippen molar-refractivity contribution in [1.29, 1.82) is 0 Å².